The maximum absolute atomic E-state index is 12.5. The summed E-state index contributed by atoms with van der Waals surface area (Å²) in [5.41, 5.74) is 0. The van der Waals surface area contributed by atoms with Gasteiger partial charge in [-0.25, -0.2) is 0 Å². The van der Waals surface area contributed by atoms with Crippen LogP contribution in [0.25, 0.3) is 0 Å². The van der Waals surface area contributed by atoms with Crippen LogP contribution in [0.4, 0.5) is 0 Å². The molecule has 0 heterocycles. The lowest BCUT2D eigenvalue weighted by Gasteiger charge is -2.22. The van der Waals surface area contributed by atoms with Crippen LogP contribution >= 0.6 is 0 Å². The number of unbranched alkanes of at least 4 members (excludes halogenated alkanes) is 59. The number of hydrogen-bond acceptors (Lipinski definition) is 5. The molecule has 1 amide bonds. The van der Waals surface area contributed by atoms with Gasteiger partial charge in [0.1, 0.15) is 0 Å². The lowest BCUT2D eigenvalue weighted by molar-refractivity contribution is -0.143. The minimum absolute atomic E-state index is 0.0231. The van der Waals surface area contributed by atoms with Gasteiger partial charge < -0.3 is 20.3 Å². The predicted molar refractivity (Wildman–Crippen MR) is 347 cm³/mol. The zero-order valence-electron chi connectivity index (χ0n) is 54.2. The Morgan fingerprint density at radius 3 is 0.772 bits per heavy atom. The molecule has 0 spiro atoms. The third-order valence-corrected chi connectivity index (χ3v) is 17.7. The van der Waals surface area contributed by atoms with Gasteiger partial charge in [-0.05, 0) is 25.7 Å². The molecule has 472 valence electrons. The molecule has 2 unspecified atom stereocenters. The van der Waals surface area contributed by atoms with Crippen LogP contribution in [0.2, 0.25) is 0 Å². The van der Waals surface area contributed by atoms with Crippen LogP contribution in [0.1, 0.15) is 431 Å². The number of rotatable bonds is 70. The van der Waals surface area contributed by atoms with Crippen LogP contribution in [-0.2, 0) is 14.3 Å². The van der Waals surface area contributed by atoms with Crippen LogP contribution in [0.5, 0.6) is 0 Å². The number of nitrogens with one attached hydrogen (secondary N) is 1. The zero-order valence-corrected chi connectivity index (χ0v) is 54.2. The van der Waals surface area contributed by atoms with E-state index in [9.17, 15) is 19.8 Å². The number of esters is 1. The second-order valence-electron chi connectivity index (χ2n) is 25.6. The van der Waals surface area contributed by atoms with Gasteiger partial charge in [0.05, 0.1) is 25.4 Å². The number of amides is 1. The second-order valence-corrected chi connectivity index (χ2v) is 25.6. The Bertz CT molecular complexity index is 1150. The van der Waals surface area contributed by atoms with Gasteiger partial charge in [-0.15, -0.1) is 0 Å². The first-order valence-electron chi connectivity index (χ1n) is 36.8. The Kier molecular flexibility index (Phi) is 68.4. The lowest BCUT2D eigenvalue weighted by Crippen LogP contribution is -2.45. The van der Waals surface area contributed by atoms with Crippen molar-refractivity contribution < 1.29 is 24.5 Å². The van der Waals surface area contributed by atoms with Gasteiger partial charge in [-0.2, -0.15) is 0 Å². The third-order valence-electron chi connectivity index (χ3n) is 17.7. The van der Waals surface area contributed by atoms with E-state index in [2.05, 4.69) is 19.2 Å². The largest absolute Gasteiger partial charge is 0.466 e. The van der Waals surface area contributed by atoms with Gasteiger partial charge in [-0.1, -0.05) is 393 Å². The molecule has 0 aromatic heterocycles. The summed E-state index contributed by atoms with van der Waals surface area (Å²) in [6.45, 7) is 5.00. The number of carbonyl (C=O) groups excluding carboxylic acids is 2. The molecule has 0 rings (SSSR count). The van der Waals surface area contributed by atoms with Crippen molar-refractivity contribution in [1.82, 2.24) is 5.32 Å². The van der Waals surface area contributed by atoms with Crippen molar-refractivity contribution in [3.8, 4) is 0 Å². The Balaban J connectivity index is 3.31. The molecular weight excluding hydrogens is 971 g/mol. The first-order chi connectivity index (χ1) is 39.0. The quantitative estimate of drug-likeness (QED) is 0.0417. The van der Waals surface area contributed by atoms with Gasteiger partial charge in [0.25, 0.3) is 0 Å². The minimum Gasteiger partial charge on any atom is -0.466 e. The molecule has 0 saturated carbocycles. The van der Waals surface area contributed by atoms with E-state index in [0.717, 1.165) is 38.5 Å². The maximum atomic E-state index is 12.5. The standard InChI is InChI=1S/C73H145NO5/c1-3-5-7-9-11-13-15-17-18-19-36-39-42-45-49-53-57-61-65-71(76)70(69-75)74-72(77)66-62-58-54-50-46-43-40-37-34-32-30-28-26-24-22-20-21-23-25-27-29-31-33-35-38-41-44-48-52-56-60-64-68-79-73(78)67-63-59-55-51-47-16-14-12-10-8-6-4-2/h70-71,75-76H,3-69H2,1-2H3,(H,74,77). The molecule has 79 heavy (non-hydrogen) atoms. The van der Waals surface area contributed by atoms with E-state index in [4.69, 9.17) is 4.74 Å². The summed E-state index contributed by atoms with van der Waals surface area (Å²) in [6, 6.07) is -0.537. The maximum Gasteiger partial charge on any atom is 0.305 e. The number of carbonyl (C=O) groups is 2. The van der Waals surface area contributed by atoms with E-state index in [1.54, 1.807) is 0 Å². The SMILES string of the molecule is CCCCCCCCCCCCCCCCCCCCC(O)C(CO)NC(=O)CCCCCCCCCCCCCCCCCCCCCCCCCCCCCCCCCCOC(=O)CCCCCCCCCCCCCC. The molecule has 0 aliphatic heterocycles. The molecule has 0 saturated heterocycles. The summed E-state index contributed by atoms with van der Waals surface area (Å²) in [7, 11) is 0. The van der Waals surface area contributed by atoms with Gasteiger partial charge in [0.15, 0.2) is 0 Å². The van der Waals surface area contributed by atoms with Crippen molar-refractivity contribution >= 4 is 11.9 Å². The molecule has 3 N–H and O–H groups in total. The highest BCUT2D eigenvalue weighted by atomic mass is 16.5. The molecule has 0 aromatic carbocycles. The topological polar surface area (TPSA) is 95.9 Å². The smallest absolute Gasteiger partial charge is 0.305 e. The third kappa shape index (κ3) is 65.9. The molecule has 0 radical (unpaired) electrons. The van der Waals surface area contributed by atoms with E-state index in [-0.39, 0.29) is 18.5 Å². The second kappa shape index (κ2) is 69.4. The van der Waals surface area contributed by atoms with Crippen LogP contribution in [0.15, 0.2) is 0 Å². The van der Waals surface area contributed by atoms with E-state index < -0.39 is 12.1 Å². The van der Waals surface area contributed by atoms with Crippen molar-refractivity contribution in [2.24, 2.45) is 0 Å². The number of aliphatic hydroxyl groups is 2. The van der Waals surface area contributed by atoms with Crippen molar-refractivity contribution in [3.05, 3.63) is 0 Å². The molecule has 2 atom stereocenters. The molecule has 6 heteroatoms. The van der Waals surface area contributed by atoms with Gasteiger partial charge in [0, 0.05) is 12.8 Å². The molecule has 0 aromatic rings. The van der Waals surface area contributed by atoms with Crippen molar-refractivity contribution in [2.75, 3.05) is 13.2 Å². The Labute approximate surface area is 496 Å². The van der Waals surface area contributed by atoms with Crippen LogP contribution in [-0.4, -0.2) is 47.4 Å². The van der Waals surface area contributed by atoms with E-state index in [1.165, 1.54) is 360 Å². The average molecular weight is 1120 g/mol. The van der Waals surface area contributed by atoms with Crippen LogP contribution in [0.3, 0.4) is 0 Å². The normalized spacial score (nSPS) is 12.4. The Morgan fingerprint density at radius 1 is 0.304 bits per heavy atom. The van der Waals surface area contributed by atoms with Gasteiger partial charge in [0.2, 0.25) is 5.91 Å². The fourth-order valence-electron chi connectivity index (χ4n) is 12.1. The molecule has 6 nitrogen and oxygen atoms in total. The summed E-state index contributed by atoms with van der Waals surface area (Å²) in [5, 5.41) is 23.4. The molecule has 0 bridgehead atoms. The van der Waals surface area contributed by atoms with Crippen molar-refractivity contribution in [3.63, 3.8) is 0 Å². The fourth-order valence-corrected chi connectivity index (χ4v) is 12.1. The first-order valence-corrected chi connectivity index (χ1v) is 36.8. The highest BCUT2D eigenvalue weighted by Crippen LogP contribution is 2.20. The fraction of sp³-hybridized carbons (Fsp3) is 0.973. The van der Waals surface area contributed by atoms with Gasteiger partial charge >= 0.3 is 5.97 Å². The predicted octanol–water partition coefficient (Wildman–Crippen LogP) is 23.8. The highest BCUT2D eigenvalue weighted by molar-refractivity contribution is 5.76. The number of aliphatic hydroxyl groups excluding tert-OH is 2. The average Bonchev–Trinajstić information content (AvgIpc) is 3.45. The van der Waals surface area contributed by atoms with Gasteiger partial charge in [-0.3, -0.25) is 9.59 Å². The summed E-state index contributed by atoms with van der Waals surface area (Å²) < 4.78 is 5.49. The van der Waals surface area contributed by atoms with Crippen LogP contribution < -0.4 is 5.32 Å². The summed E-state index contributed by atoms with van der Waals surface area (Å²) in [4.78, 5) is 24.6. The van der Waals surface area contributed by atoms with E-state index in [1.807, 2.05) is 0 Å². The molecule has 0 fully saturated rings. The highest BCUT2D eigenvalue weighted by Gasteiger charge is 2.20. The Morgan fingerprint density at radius 2 is 0.519 bits per heavy atom. The van der Waals surface area contributed by atoms with Crippen LogP contribution in [0, 0.1) is 0 Å². The van der Waals surface area contributed by atoms with Crippen molar-refractivity contribution in [1.29, 1.82) is 0 Å². The minimum atomic E-state index is -0.660. The molecule has 0 aliphatic carbocycles. The molecule has 0 aliphatic rings. The summed E-state index contributed by atoms with van der Waals surface area (Å²) in [5.74, 6) is -0.00236. The lowest BCUT2D eigenvalue weighted by atomic mass is 10.0. The summed E-state index contributed by atoms with van der Waals surface area (Å²) in [6.07, 6.45) is 84.6. The number of hydrogen-bond donors (Lipinski definition) is 3. The Hall–Kier alpha value is -1.14. The number of ether oxygens (including phenoxy) is 1. The zero-order chi connectivity index (χ0) is 57.1. The monoisotopic (exact) mass is 1120 g/mol. The molecular formula is C73H145NO5. The van der Waals surface area contributed by atoms with E-state index >= 15 is 0 Å². The summed E-state index contributed by atoms with van der Waals surface area (Å²) >= 11 is 0. The van der Waals surface area contributed by atoms with Crippen molar-refractivity contribution in [2.45, 2.75) is 443 Å². The van der Waals surface area contributed by atoms with E-state index in [0.29, 0.717) is 25.9 Å². The first kappa shape index (κ1) is 77.9.